The summed E-state index contributed by atoms with van der Waals surface area (Å²) < 4.78 is 15.5. The third kappa shape index (κ3) is 5.55. The van der Waals surface area contributed by atoms with Crippen molar-refractivity contribution in [1.29, 1.82) is 0 Å². The first kappa shape index (κ1) is 38.4. The number of hydrogen-bond acceptors (Lipinski definition) is 9. The molecule has 6 atom stereocenters. The van der Waals surface area contributed by atoms with Gasteiger partial charge in [-0.2, -0.15) is 0 Å². The minimum absolute atomic E-state index is 0.0372. The number of aromatic hydroxyl groups is 1. The summed E-state index contributed by atoms with van der Waals surface area (Å²) in [7, 11) is 3.06. The van der Waals surface area contributed by atoms with Crippen molar-refractivity contribution in [2.24, 2.45) is 0 Å². The number of likely N-dealkylation sites (N-methyl/N-ethyl adjacent to an activating group) is 2. The second kappa shape index (κ2) is 13.7. The van der Waals surface area contributed by atoms with E-state index in [0.717, 1.165) is 53.9 Å². The number of aromatic carboxylic acids is 2. The van der Waals surface area contributed by atoms with Gasteiger partial charge in [0.05, 0.1) is 19.7 Å². The summed E-state index contributed by atoms with van der Waals surface area (Å²) in [6.45, 7) is 3.75. The number of aromatic nitrogens is 2. The second-order valence-electron chi connectivity index (χ2n) is 17.3. The van der Waals surface area contributed by atoms with Crippen molar-refractivity contribution in [2.45, 2.75) is 92.4 Å². The molecule has 7 N–H and O–H groups in total. The van der Waals surface area contributed by atoms with Crippen molar-refractivity contribution < 1.29 is 40.9 Å². The predicted molar refractivity (Wildman–Crippen MR) is 212 cm³/mol. The molecule has 0 unspecified atom stereocenters. The molecule has 0 saturated carbocycles. The average Bonchev–Trinajstić information content (AvgIpc) is 3.16. The number of fused-ring (bicyclic) bond motifs is 4. The monoisotopic (exact) mass is 797 g/mol. The average molecular weight is 798 g/mol. The lowest BCUT2D eigenvalue weighted by Gasteiger charge is -2.63. The number of rotatable bonds is 2. The maximum Gasteiger partial charge on any atom is 0.341 e. The van der Waals surface area contributed by atoms with Gasteiger partial charge in [0.25, 0.3) is 11.1 Å². The number of carboxylic acids is 2. The lowest BCUT2D eigenvalue weighted by Crippen LogP contribution is -2.73. The zero-order chi connectivity index (χ0) is 42.4. The number of phenols is 1. The van der Waals surface area contributed by atoms with Crippen LogP contribution in [0.25, 0.3) is 0 Å². The predicted octanol–water partition coefficient (Wildman–Crippen LogP) is 2.80. The number of piperidine rings is 2. The summed E-state index contributed by atoms with van der Waals surface area (Å²) in [5, 5.41) is 53.0. The van der Waals surface area contributed by atoms with E-state index >= 15 is 0 Å². The molecule has 4 aliphatic carbocycles. The standard InChI is InChI=1S/C22H24N2O4.C21H22N2O5.CH3F/c1-12-3-4-13-9-18-22(28)10-14-8-15(20(26)27)19(25)23-17(14)11-21(22,16(13)7-12)5-6-24(18)2;1-23-5-4-20-10-16-12(6-14(19(26)27)18(25)22-16)9-21(20,28)17(23)7-11-2-3-13(24)8-15(11)20;1-2/h3-4,7-8,18,28H,5-6,9-11H2,1-2H3,(H,23,25)(H,26,27);2-3,6,8,17,24,28H,4-5,7,9-10H2,1H3,(H,22,25)(H,26,27);1H3/t18-,21-,22-;17-,20-,21-;/m11./s1/i;;1D. The number of halogens is 1. The number of aromatic amines is 2. The van der Waals surface area contributed by atoms with Crippen LogP contribution in [0.2, 0.25) is 0 Å². The number of hydrogen-bond donors (Lipinski definition) is 7. The normalized spacial score (nSPS) is 30.1. The Balaban J connectivity index is 0.000000154. The van der Waals surface area contributed by atoms with E-state index in [1.807, 2.05) is 13.1 Å². The molecule has 4 aromatic rings. The van der Waals surface area contributed by atoms with Gasteiger partial charge in [-0.3, -0.25) is 14.0 Å². The highest BCUT2D eigenvalue weighted by molar-refractivity contribution is 5.88. The molecule has 2 aromatic carbocycles. The Morgan fingerprint density at radius 3 is 1.60 bits per heavy atom. The quantitative estimate of drug-likeness (QED) is 0.157. The number of pyridine rings is 2. The van der Waals surface area contributed by atoms with E-state index in [0.29, 0.717) is 43.4 Å². The lowest BCUT2D eigenvalue weighted by molar-refractivity contribution is -0.145. The smallest absolute Gasteiger partial charge is 0.341 e. The number of carbonyl (C=O) groups is 2. The molecule has 14 heteroatoms. The zero-order valence-corrected chi connectivity index (χ0v) is 32.7. The Hall–Kier alpha value is -5.15. The highest BCUT2D eigenvalue weighted by Crippen LogP contribution is 2.58. The number of likely N-dealkylation sites (tertiary alicyclic amines) is 2. The van der Waals surface area contributed by atoms with Crippen LogP contribution in [-0.4, -0.2) is 115 Å². The fraction of sp³-hybridized carbons (Fsp3) is 0.455. The van der Waals surface area contributed by atoms with E-state index in [-0.39, 0.29) is 35.4 Å². The van der Waals surface area contributed by atoms with Crippen LogP contribution in [0.15, 0.2) is 58.1 Å². The number of alkyl halides is 1. The van der Waals surface area contributed by atoms with Gasteiger partial charge in [-0.25, -0.2) is 9.59 Å². The third-order valence-electron chi connectivity index (χ3n) is 14.6. The number of carboxylic acid groups (broad SMARTS) is 2. The third-order valence-corrected chi connectivity index (χ3v) is 14.6. The molecule has 13 nitrogen and oxygen atoms in total. The molecular weight excluding hydrogens is 748 g/mol. The molecule has 0 radical (unpaired) electrons. The second-order valence-corrected chi connectivity index (χ2v) is 17.3. The van der Waals surface area contributed by atoms with E-state index in [4.69, 9.17) is 1.37 Å². The molecule has 2 fully saturated rings. The molecule has 4 bridgehead atoms. The van der Waals surface area contributed by atoms with Gasteiger partial charge in [0.2, 0.25) is 0 Å². The first-order chi connectivity index (χ1) is 27.9. The SMILES string of the molecule is CN1CC[C@]23Cc4[nH]c(=O)c(C(=O)O)cc4C[C@@]2(O)[C@H]1Cc1ccc(O)cc13.Cc1ccc2c(c1)[C@]13CCN(C)[C@H](C2)[C@]1(O)Cc1cc(C(=O)O)c(=O)[nH]c1C3.[2H]CF. The Kier molecular flexibility index (Phi) is 9.08. The fourth-order valence-corrected chi connectivity index (χ4v) is 11.8. The first-order valence-electron chi connectivity index (χ1n) is 20.2. The highest BCUT2D eigenvalue weighted by atomic mass is 19.1. The van der Waals surface area contributed by atoms with Crippen molar-refractivity contribution in [1.82, 2.24) is 19.8 Å². The molecule has 306 valence electrons. The number of aryl methyl sites for hydroxylation is 1. The van der Waals surface area contributed by atoms with Gasteiger partial charge in [-0.15, -0.1) is 0 Å². The molecule has 2 aromatic heterocycles. The molecule has 2 saturated heterocycles. The van der Waals surface area contributed by atoms with Crippen LogP contribution in [0.3, 0.4) is 0 Å². The van der Waals surface area contributed by atoms with E-state index < -0.39 is 52.2 Å². The summed E-state index contributed by atoms with van der Waals surface area (Å²) >= 11 is 0. The molecule has 0 spiro atoms. The summed E-state index contributed by atoms with van der Waals surface area (Å²) in [4.78, 5) is 57.3. The Morgan fingerprint density at radius 1 is 0.724 bits per heavy atom. The number of nitrogens with zero attached hydrogens (tertiary/aromatic N) is 2. The van der Waals surface area contributed by atoms with Crippen LogP contribution in [-0.2, 0) is 49.4 Å². The largest absolute Gasteiger partial charge is 0.508 e. The minimum Gasteiger partial charge on any atom is -0.508 e. The Labute approximate surface area is 335 Å². The molecule has 4 heterocycles. The number of benzene rings is 2. The van der Waals surface area contributed by atoms with Crippen LogP contribution in [0, 0.1) is 6.92 Å². The van der Waals surface area contributed by atoms with Gasteiger partial charge < -0.3 is 45.3 Å². The van der Waals surface area contributed by atoms with Crippen LogP contribution in [0.5, 0.6) is 5.75 Å². The van der Waals surface area contributed by atoms with Crippen molar-refractivity contribution in [2.75, 3.05) is 34.3 Å². The lowest BCUT2D eigenvalue weighted by atomic mass is 9.49. The van der Waals surface area contributed by atoms with Crippen LogP contribution < -0.4 is 11.1 Å². The Morgan fingerprint density at radius 2 is 1.16 bits per heavy atom. The fourth-order valence-electron chi connectivity index (χ4n) is 11.8. The van der Waals surface area contributed by atoms with Crippen molar-refractivity contribution in [3.8, 4) is 5.75 Å². The summed E-state index contributed by atoms with van der Waals surface area (Å²) in [5.41, 5.74) is 3.56. The van der Waals surface area contributed by atoms with Crippen molar-refractivity contribution in [3.05, 3.63) is 131 Å². The molecule has 6 aliphatic rings. The topological polar surface area (TPSA) is 207 Å². The summed E-state index contributed by atoms with van der Waals surface area (Å²) in [6, 6.07) is 14.5. The first-order valence-corrected chi connectivity index (χ1v) is 19.5. The van der Waals surface area contributed by atoms with E-state index in [1.165, 1.54) is 23.3 Å². The van der Waals surface area contributed by atoms with Gasteiger partial charge >= 0.3 is 11.9 Å². The van der Waals surface area contributed by atoms with Gasteiger partial charge in [0, 0.05) is 60.0 Å². The van der Waals surface area contributed by atoms with Gasteiger partial charge in [0.1, 0.15) is 16.9 Å². The van der Waals surface area contributed by atoms with Gasteiger partial charge in [-0.05, 0) is 117 Å². The van der Waals surface area contributed by atoms with Crippen LogP contribution in [0.4, 0.5) is 4.39 Å². The maximum absolute atomic E-state index is 12.3. The summed E-state index contributed by atoms with van der Waals surface area (Å²) in [5.74, 6) is -2.35. The molecule has 10 rings (SSSR count). The van der Waals surface area contributed by atoms with Gasteiger partial charge in [-0.1, -0.05) is 29.8 Å². The van der Waals surface area contributed by atoms with E-state index in [9.17, 15) is 49.1 Å². The number of H-pyrrole nitrogens is 2. The maximum atomic E-state index is 12.3. The van der Waals surface area contributed by atoms with E-state index in [2.05, 4.69) is 51.9 Å². The number of nitrogens with one attached hydrogen (secondary N) is 2. The van der Waals surface area contributed by atoms with E-state index in [1.54, 1.807) is 12.1 Å². The Bertz CT molecular complexity index is 2360. The summed E-state index contributed by atoms with van der Waals surface area (Å²) in [6.07, 6.45) is 4.47. The molecule has 0 amide bonds. The van der Waals surface area contributed by atoms with Crippen molar-refractivity contribution >= 4 is 11.9 Å². The van der Waals surface area contributed by atoms with Crippen LogP contribution >= 0.6 is 0 Å². The van der Waals surface area contributed by atoms with Crippen molar-refractivity contribution in [3.63, 3.8) is 0 Å². The molecule has 58 heavy (non-hydrogen) atoms. The molecule has 2 aliphatic heterocycles. The van der Waals surface area contributed by atoms with Crippen LogP contribution in [0.1, 0.15) is 85.3 Å². The minimum atomic E-state index is -1.27. The molecular formula is C44H49FN4O9. The number of aliphatic hydroxyl groups is 2. The number of phenolic OH excluding ortho intramolecular Hbond substituents is 1. The van der Waals surface area contributed by atoms with Gasteiger partial charge in [0.15, 0.2) is 0 Å². The zero-order valence-electron chi connectivity index (χ0n) is 33.7. The highest BCUT2D eigenvalue weighted by Gasteiger charge is 2.65.